The van der Waals surface area contributed by atoms with E-state index in [0.717, 1.165) is 10.8 Å². The molecule has 6 heteroatoms. The molecule has 0 spiro atoms. The molecule has 0 unspecified atom stereocenters. The van der Waals surface area contributed by atoms with Crippen LogP contribution in [0.25, 0.3) is 10.8 Å². The SMILES string of the molecule is O=C(CCC(=O)c1nccc2ccccc12)Nc1ccc(Oc2ccncc2)cc1. The average Bonchev–Trinajstić information content (AvgIpc) is 2.79. The standard InChI is InChI=1S/C24H19N3O3/c28-22(24-21-4-2-1-3-17(21)11-16-26-24)9-10-23(29)27-18-5-7-19(8-6-18)30-20-12-14-25-15-13-20/h1-8,11-16H,9-10H2,(H,27,29). The molecule has 0 aliphatic heterocycles. The van der Waals surface area contributed by atoms with E-state index in [1.54, 1.807) is 55.0 Å². The van der Waals surface area contributed by atoms with Gasteiger partial charge in [-0.2, -0.15) is 0 Å². The van der Waals surface area contributed by atoms with Crippen LogP contribution in [0.5, 0.6) is 11.5 Å². The molecular formula is C24H19N3O3. The van der Waals surface area contributed by atoms with Crippen LogP contribution in [0.3, 0.4) is 0 Å². The lowest BCUT2D eigenvalue weighted by Gasteiger charge is -2.08. The third-order valence-corrected chi connectivity index (χ3v) is 4.54. The average molecular weight is 397 g/mol. The number of Topliss-reactive ketones (excluding diaryl/α,β-unsaturated/α-hetero) is 1. The highest BCUT2D eigenvalue weighted by molar-refractivity contribution is 6.07. The molecule has 4 rings (SSSR count). The molecule has 2 heterocycles. The van der Waals surface area contributed by atoms with Gasteiger partial charge in [0.25, 0.3) is 0 Å². The minimum Gasteiger partial charge on any atom is -0.457 e. The lowest BCUT2D eigenvalue weighted by Crippen LogP contribution is -2.14. The van der Waals surface area contributed by atoms with Crippen molar-refractivity contribution in [3.05, 3.63) is 91.0 Å². The van der Waals surface area contributed by atoms with Crippen molar-refractivity contribution >= 4 is 28.2 Å². The second-order valence-electron chi connectivity index (χ2n) is 6.66. The number of aromatic nitrogens is 2. The molecular weight excluding hydrogens is 378 g/mol. The fourth-order valence-corrected chi connectivity index (χ4v) is 3.06. The first-order valence-electron chi connectivity index (χ1n) is 9.54. The van der Waals surface area contributed by atoms with E-state index in [9.17, 15) is 9.59 Å². The van der Waals surface area contributed by atoms with Gasteiger partial charge in [0.15, 0.2) is 5.78 Å². The molecule has 0 aliphatic rings. The number of hydrogen-bond donors (Lipinski definition) is 1. The van der Waals surface area contributed by atoms with Crippen LogP contribution < -0.4 is 10.1 Å². The minimum absolute atomic E-state index is 0.0823. The maximum atomic E-state index is 12.6. The van der Waals surface area contributed by atoms with E-state index in [4.69, 9.17) is 4.74 Å². The molecule has 1 N–H and O–H groups in total. The van der Waals surface area contributed by atoms with Crippen LogP contribution in [0.15, 0.2) is 85.3 Å². The summed E-state index contributed by atoms with van der Waals surface area (Å²) in [6.07, 6.45) is 5.10. The molecule has 6 nitrogen and oxygen atoms in total. The number of ether oxygens (including phenoxy) is 1. The first-order valence-corrected chi connectivity index (χ1v) is 9.54. The second kappa shape index (κ2) is 8.96. The molecule has 0 atom stereocenters. The number of benzene rings is 2. The van der Waals surface area contributed by atoms with Crippen molar-refractivity contribution in [2.24, 2.45) is 0 Å². The van der Waals surface area contributed by atoms with E-state index >= 15 is 0 Å². The Balaban J connectivity index is 1.33. The third-order valence-electron chi connectivity index (χ3n) is 4.54. The van der Waals surface area contributed by atoms with Crippen LogP contribution in [-0.4, -0.2) is 21.7 Å². The molecule has 0 radical (unpaired) electrons. The smallest absolute Gasteiger partial charge is 0.224 e. The van der Waals surface area contributed by atoms with Crippen LogP contribution in [0.2, 0.25) is 0 Å². The maximum Gasteiger partial charge on any atom is 0.224 e. The van der Waals surface area contributed by atoms with Gasteiger partial charge in [-0.1, -0.05) is 24.3 Å². The van der Waals surface area contributed by atoms with Gasteiger partial charge >= 0.3 is 0 Å². The molecule has 4 aromatic rings. The van der Waals surface area contributed by atoms with E-state index in [1.165, 1.54) is 0 Å². The Morgan fingerprint density at radius 1 is 0.800 bits per heavy atom. The number of anilines is 1. The molecule has 1 amide bonds. The van der Waals surface area contributed by atoms with Crippen molar-refractivity contribution in [3.63, 3.8) is 0 Å². The normalized spacial score (nSPS) is 10.5. The zero-order valence-electron chi connectivity index (χ0n) is 16.1. The lowest BCUT2D eigenvalue weighted by molar-refractivity contribution is -0.116. The molecule has 2 aromatic carbocycles. The monoisotopic (exact) mass is 397 g/mol. The minimum atomic E-state index is -0.230. The lowest BCUT2D eigenvalue weighted by atomic mass is 10.0. The van der Waals surface area contributed by atoms with Gasteiger partial charge in [0.05, 0.1) is 0 Å². The van der Waals surface area contributed by atoms with Gasteiger partial charge in [-0.3, -0.25) is 19.6 Å². The van der Waals surface area contributed by atoms with Crippen molar-refractivity contribution in [2.45, 2.75) is 12.8 Å². The Kier molecular flexibility index (Phi) is 5.75. The summed E-state index contributed by atoms with van der Waals surface area (Å²) >= 11 is 0. The fourth-order valence-electron chi connectivity index (χ4n) is 3.06. The molecule has 0 bridgehead atoms. The van der Waals surface area contributed by atoms with Gasteiger partial charge in [0.1, 0.15) is 17.2 Å². The number of nitrogens with zero attached hydrogens (tertiary/aromatic N) is 2. The molecule has 0 fully saturated rings. The zero-order valence-corrected chi connectivity index (χ0v) is 16.1. The maximum absolute atomic E-state index is 12.6. The Hall–Kier alpha value is -4.06. The Bertz CT molecular complexity index is 1170. The van der Waals surface area contributed by atoms with Crippen LogP contribution in [-0.2, 0) is 4.79 Å². The Labute approximate surface area is 173 Å². The fraction of sp³-hybridized carbons (Fsp3) is 0.0833. The number of pyridine rings is 2. The number of ketones is 1. The molecule has 0 aliphatic carbocycles. The van der Waals surface area contributed by atoms with Gasteiger partial charge in [0.2, 0.25) is 5.91 Å². The Morgan fingerprint density at radius 3 is 2.33 bits per heavy atom. The third kappa shape index (κ3) is 4.67. The highest BCUT2D eigenvalue weighted by atomic mass is 16.5. The summed E-state index contributed by atoms with van der Waals surface area (Å²) in [6, 6.07) is 20.0. The first-order chi connectivity index (χ1) is 14.7. The highest BCUT2D eigenvalue weighted by Gasteiger charge is 2.13. The quantitative estimate of drug-likeness (QED) is 0.443. The van der Waals surface area contributed by atoms with Crippen molar-refractivity contribution in [3.8, 4) is 11.5 Å². The number of rotatable bonds is 7. The van der Waals surface area contributed by atoms with Crippen molar-refractivity contribution < 1.29 is 14.3 Å². The summed E-state index contributed by atoms with van der Waals surface area (Å²) in [7, 11) is 0. The van der Waals surface area contributed by atoms with Crippen LogP contribution in [0.4, 0.5) is 5.69 Å². The summed E-state index contributed by atoms with van der Waals surface area (Å²) in [5.74, 6) is 0.952. The summed E-state index contributed by atoms with van der Waals surface area (Å²) in [4.78, 5) is 33.0. The zero-order chi connectivity index (χ0) is 20.8. The van der Waals surface area contributed by atoms with E-state index in [1.807, 2.05) is 30.3 Å². The number of amides is 1. The van der Waals surface area contributed by atoms with Crippen LogP contribution >= 0.6 is 0 Å². The molecule has 0 saturated heterocycles. The van der Waals surface area contributed by atoms with Gasteiger partial charge in [0, 0.05) is 42.5 Å². The van der Waals surface area contributed by atoms with Crippen LogP contribution in [0, 0.1) is 0 Å². The number of nitrogens with one attached hydrogen (secondary N) is 1. The highest BCUT2D eigenvalue weighted by Crippen LogP contribution is 2.22. The summed E-state index contributed by atoms with van der Waals surface area (Å²) < 4.78 is 5.70. The summed E-state index contributed by atoms with van der Waals surface area (Å²) in [6.45, 7) is 0. The van der Waals surface area contributed by atoms with Gasteiger partial charge in [-0.15, -0.1) is 0 Å². The number of hydrogen-bond acceptors (Lipinski definition) is 5. The topological polar surface area (TPSA) is 81.2 Å². The summed E-state index contributed by atoms with van der Waals surface area (Å²) in [5.41, 5.74) is 1.04. The number of fused-ring (bicyclic) bond motifs is 1. The first kappa shape index (κ1) is 19.3. The van der Waals surface area contributed by atoms with E-state index in [0.29, 0.717) is 22.9 Å². The van der Waals surface area contributed by atoms with Gasteiger partial charge in [-0.05, 0) is 47.9 Å². The van der Waals surface area contributed by atoms with Crippen molar-refractivity contribution in [2.75, 3.05) is 5.32 Å². The number of carbonyl (C=O) groups excluding carboxylic acids is 2. The predicted octanol–water partition coefficient (Wildman–Crippen LogP) is 5.02. The van der Waals surface area contributed by atoms with E-state index < -0.39 is 0 Å². The van der Waals surface area contributed by atoms with Crippen LogP contribution in [0.1, 0.15) is 23.3 Å². The van der Waals surface area contributed by atoms with E-state index in [-0.39, 0.29) is 24.5 Å². The van der Waals surface area contributed by atoms with Gasteiger partial charge in [-0.25, -0.2) is 0 Å². The van der Waals surface area contributed by atoms with E-state index in [2.05, 4.69) is 15.3 Å². The van der Waals surface area contributed by atoms with Crippen molar-refractivity contribution in [1.82, 2.24) is 9.97 Å². The number of carbonyl (C=O) groups is 2. The molecule has 0 saturated carbocycles. The summed E-state index contributed by atoms with van der Waals surface area (Å²) in [5, 5.41) is 4.55. The molecule has 148 valence electrons. The molecule has 30 heavy (non-hydrogen) atoms. The largest absolute Gasteiger partial charge is 0.457 e. The van der Waals surface area contributed by atoms with Crippen molar-refractivity contribution in [1.29, 1.82) is 0 Å². The molecule has 2 aromatic heterocycles. The second-order valence-corrected chi connectivity index (χ2v) is 6.66. The Morgan fingerprint density at radius 2 is 1.53 bits per heavy atom. The van der Waals surface area contributed by atoms with Gasteiger partial charge < -0.3 is 10.1 Å². The predicted molar refractivity (Wildman–Crippen MR) is 115 cm³/mol.